The van der Waals surface area contributed by atoms with E-state index < -0.39 is 0 Å². The van der Waals surface area contributed by atoms with Crippen molar-refractivity contribution < 1.29 is 4.79 Å². The van der Waals surface area contributed by atoms with E-state index in [0.29, 0.717) is 11.3 Å². The second kappa shape index (κ2) is 9.67. The Hall–Kier alpha value is -2.44. The number of benzene rings is 2. The van der Waals surface area contributed by atoms with Crippen LogP contribution in [0.15, 0.2) is 60.8 Å². The van der Waals surface area contributed by atoms with Gasteiger partial charge in [-0.3, -0.25) is 9.69 Å². The van der Waals surface area contributed by atoms with E-state index in [9.17, 15) is 4.79 Å². The fraction of sp³-hybridized carbons (Fsp3) is 0.464. The average Bonchev–Trinajstić information content (AvgIpc) is 3.32. The lowest BCUT2D eigenvalue weighted by Crippen LogP contribution is -2.46. The Labute approximate surface area is 207 Å². The topological polar surface area (TPSA) is 31.7 Å². The number of aromatic nitrogens is 1. The predicted molar refractivity (Wildman–Crippen MR) is 144 cm³/mol. The van der Waals surface area contributed by atoms with E-state index in [1.807, 2.05) is 13.8 Å². The van der Waals surface area contributed by atoms with Gasteiger partial charge in [-0.1, -0.05) is 36.4 Å². The molecule has 2 aliphatic heterocycles. The third kappa shape index (κ3) is 4.58. The van der Waals surface area contributed by atoms with Crippen LogP contribution in [0.4, 0.5) is 5.69 Å². The number of rotatable bonds is 7. The van der Waals surface area contributed by atoms with E-state index in [1.54, 1.807) is 11.8 Å². The molecule has 180 valence electrons. The second-order valence-corrected chi connectivity index (χ2v) is 11.9. The minimum atomic E-state index is -0.265. The minimum Gasteiger partial charge on any atom is -0.367 e. The number of fused-ring (bicyclic) bond motifs is 1. The van der Waals surface area contributed by atoms with Crippen molar-refractivity contribution in [3.63, 3.8) is 0 Å². The molecule has 0 bridgehead atoms. The fourth-order valence-electron chi connectivity index (χ4n) is 5.38. The molecule has 0 saturated carbocycles. The molecule has 0 aliphatic carbocycles. The van der Waals surface area contributed by atoms with Gasteiger partial charge in [0.15, 0.2) is 0 Å². The van der Waals surface area contributed by atoms with E-state index in [4.69, 9.17) is 0 Å². The molecule has 2 saturated heterocycles. The Morgan fingerprint density at radius 1 is 0.912 bits per heavy atom. The van der Waals surface area contributed by atoms with Gasteiger partial charge in [-0.15, -0.1) is 11.8 Å². The van der Waals surface area contributed by atoms with Crippen molar-refractivity contribution in [2.24, 2.45) is 0 Å². The van der Waals surface area contributed by atoms with Crippen LogP contribution in [0.25, 0.3) is 16.6 Å². The molecule has 0 spiro atoms. The first-order chi connectivity index (χ1) is 16.4. The number of hydrogen-bond donors (Lipinski definition) is 0. The van der Waals surface area contributed by atoms with E-state index in [0.717, 1.165) is 52.1 Å². The summed E-state index contributed by atoms with van der Waals surface area (Å²) < 4.78 is 2.05. The van der Waals surface area contributed by atoms with Crippen LogP contribution in [0, 0.1) is 0 Å². The van der Waals surface area contributed by atoms with Gasteiger partial charge < -0.3 is 14.4 Å². The van der Waals surface area contributed by atoms with Gasteiger partial charge in [-0.25, -0.2) is 0 Å². The molecule has 5 rings (SSSR count). The zero-order chi connectivity index (χ0) is 23.7. The van der Waals surface area contributed by atoms with Gasteiger partial charge in [0.1, 0.15) is 0 Å². The molecule has 2 aliphatic rings. The molecule has 0 radical (unpaired) electrons. The van der Waals surface area contributed by atoms with Crippen molar-refractivity contribution in [2.45, 2.75) is 43.7 Å². The molecule has 3 heterocycles. The smallest absolute Gasteiger partial charge is 0.239 e. The summed E-state index contributed by atoms with van der Waals surface area (Å²) in [7, 11) is 0. The van der Waals surface area contributed by atoms with Gasteiger partial charge in [0.05, 0.1) is 21.3 Å². The van der Waals surface area contributed by atoms with E-state index in [1.165, 1.54) is 22.3 Å². The summed E-state index contributed by atoms with van der Waals surface area (Å²) in [5, 5.41) is 1.62. The summed E-state index contributed by atoms with van der Waals surface area (Å²) >= 11 is 1.78. The van der Waals surface area contributed by atoms with Crippen molar-refractivity contribution in [1.29, 1.82) is 0 Å². The largest absolute Gasteiger partial charge is 0.367 e. The zero-order valence-corrected chi connectivity index (χ0v) is 21.4. The molecule has 1 unspecified atom stereocenters. The summed E-state index contributed by atoms with van der Waals surface area (Å²) in [5.41, 5.74) is 3.80. The van der Waals surface area contributed by atoms with Gasteiger partial charge in [0.2, 0.25) is 5.91 Å². The maximum Gasteiger partial charge on any atom is 0.239 e. The summed E-state index contributed by atoms with van der Waals surface area (Å²) in [4.78, 5) is 19.8. The van der Waals surface area contributed by atoms with Crippen LogP contribution in [0.2, 0.25) is 0 Å². The van der Waals surface area contributed by atoms with Crippen molar-refractivity contribution in [2.75, 3.05) is 44.2 Å². The highest BCUT2D eigenvalue weighted by Gasteiger charge is 2.43. The van der Waals surface area contributed by atoms with Crippen LogP contribution in [0.1, 0.15) is 33.6 Å². The second-order valence-electron chi connectivity index (χ2n) is 10.00. The Balaban J connectivity index is 1.16. The summed E-state index contributed by atoms with van der Waals surface area (Å²) in [5.74, 6) is 0.299. The zero-order valence-electron chi connectivity index (χ0n) is 20.6. The number of carbonyl (C=O) groups is 1. The van der Waals surface area contributed by atoms with Crippen molar-refractivity contribution in [1.82, 2.24) is 14.4 Å². The first-order valence-corrected chi connectivity index (χ1v) is 13.4. The van der Waals surface area contributed by atoms with E-state index >= 15 is 0 Å². The summed E-state index contributed by atoms with van der Waals surface area (Å²) in [6.07, 6.45) is 4.54. The monoisotopic (exact) mass is 476 g/mol. The highest BCUT2D eigenvalue weighted by atomic mass is 32.2. The SMILES string of the molecule is CC1SC(C)(C)C(=O)N1CCCCN1CCN(c2cn(-c3ccccc3)c3ccccc23)CC1. The number of piperazine rings is 1. The lowest BCUT2D eigenvalue weighted by molar-refractivity contribution is -0.131. The van der Waals surface area contributed by atoms with Crippen LogP contribution in [0.5, 0.6) is 0 Å². The van der Waals surface area contributed by atoms with Crippen molar-refractivity contribution >= 4 is 34.3 Å². The van der Waals surface area contributed by atoms with Crippen LogP contribution < -0.4 is 4.90 Å². The molecular formula is C28H36N4OS. The quantitative estimate of drug-likeness (QED) is 0.437. The molecule has 1 atom stereocenters. The van der Waals surface area contributed by atoms with Crippen LogP contribution in [-0.2, 0) is 4.79 Å². The molecule has 3 aromatic rings. The number of thioether (sulfide) groups is 1. The van der Waals surface area contributed by atoms with Gasteiger partial charge in [-0.2, -0.15) is 0 Å². The number of anilines is 1. The number of nitrogens with zero attached hydrogens (tertiary/aromatic N) is 4. The lowest BCUT2D eigenvalue weighted by atomic mass is 10.1. The molecule has 5 nitrogen and oxygen atoms in total. The molecule has 1 amide bonds. The molecule has 2 fully saturated rings. The Morgan fingerprint density at radius 2 is 1.59 bits per heavy atom. The Morgan fingerprint density at radius 3 is 2.29 bits per heavy atom. The van der Waals surface area contributed by atoms with Crippen LogP contribution >= 0.6 is 11.8 Å². The normalized spacial score (nSPS) is 21.0. The first-order valence-electron chi connectivity index (χ1n) is 12.6. The molecule has 0 N–H and O–H groups in total. The van der Waals surface area contributed by atoms with Gasteiger partial charge in [0, 0.05) is 50.0 Å². The van der Waals surface area contributed by atoms with Crippen LogP contribution in [-0.4, -0.2) is 69.7 Å². The fourth-order valence-corrected chi connectivity index (χ4v) is 6.78. The highest BCUT2D eigenvalue weighted by Crippen LogP contribution is 2.40. The first kappa shape index (κ1) is 23.3. The predicted octanol–water partition coefficient (Wildman–Crippen LogP) is 5.23. The van der Waals surface area contributed by atoms with Crippen molar-refractivity contribution in [3.8, 4) is 5.69 Å². The molecule has 1 aromatic heterocycles. The summed E-state index contributed by atoms with van der Waals surface area (Å²) in [6, 6.07) is 19.3. The third-order valence-corrected chi connectivity index (χ3v) is 8.60. The Kier molecular flexibility index (Phi) is 6.63. The number of unbranched alkanes of at least 4 members (excludes halogenated alkanes) is 1. The number of hydrogen-bond acceptors (Lipinski definition) is 4. The lowest BCUT2D eigenvalue weighted by Gasteiger charge is -2.36. The minimum absolute atomic E-state index is 0.265. The third-order valence-electron chi connectivity index (χ3n) is 7.24. The number of para-hydroxylation sites is 2. The van der Waals surface area contributed by atoms with Gasteiger partial charge in [0.25, 0.3) is 0 Å². The van der Waals surface area contributed by atoms with Crippen LogP contribution in [0.3, 0.4) is 0 Å². The highest BCUT2D eigenvalue weighted by molar-refractivity contribution is 8.02. The van der Waals surface area contributed by atoms with E-state index in [2.05, 4.69) is 87.0 Å². The number of amides is 1. The molecular weight excluding hydrogens is 440 g/mol. The maximum atomic E-state index is 12.6. The molecule has 6 heteroatoms. The van der Waals surface area contributed by atoms with E-state index in [-0.39, 0.29) is 4.75 Å². The molecule has 34 heavy (non-hydrogen) atoms. The van der Waals surface area contributed by atoms with Crippen molar-refractivity contribution in [3.05, 3.63) is 60.8 Å². The number of carbonyl (C=O) groups excluding carboxylic acids is 1. The summed E-state index contributed by atoms with van der Waals surface area (Å²) in [6.45, 7) is 12.5. The Bertz CT molecular complexity index is 1130. The average molecular weight is 477 g/mol. The molecule has 2 aromatic carbocycles. The maximum absolute atomic E-state index is 12.6. The van der Waals surface area contributed by atoms with Gasteiger partial charge >= 0.3 is 0 Å². The standard InChI is InChI=1S/C28H36N4OS/c1-22-31(27(33)28(2,3)34-22)16-10-9-15-29-17-19-30(20-18-29)26-21-32(23-11-5-4-6-12-23)25-14-8-7-13-24(25)26/h4-8,11-14,21-22H,9-10,15-20H2,1-3H3. The van der Waals surface area contributed by atoms with Gasteiger partial charge in [-0.05, 0) is 58.4 Å².